The van der Waals surface area contributed by atoms with Gasteiger partial charge >= 0.3 is 0 Å². The molecule has 0 spiro atoms. The lowest BCUT2D eigenvalue weighted by Crippen LogP contribution is -2.04. The number of hydrogen-bond donors (Lipinski definition) is 0. The molecular formula is C15H14N4. The largest absolute Gasteiger partial charge is 0.341 e. The van der Waals surface area contributed by atoms with Gasteiger partial charge in [0.05, 0.1) is 30.2 Å². The molecule has 0 aliphatic heterocycles. The molecule has 1 aromatic carbocycles. The lowest BCUT2D eigenvalue weighted by atomic mass is 10.2. The molecule has 0 amide bonds. The lowest BCUT2D eigenvalue weighted by molar-refractivity contribution is 0.679. The second kappa shape index (κ2) is 4.62. The Bertz CT molecular complexity index is 758. The molecule has 0 saturated carbocycles. The maximum atomic E-state index is 8.91. The van der Waals surface area contributed by atoms with E-state index in [1.165, 1.54) is 5.69 Å². The summed E-state index contributed by atoms with van der Waals surface area (Å²) >= 11 is 0. The van der Waals surface area contributed by atoms with Crippen LogP contribution in [0.15, 0.2) is 43.0 Å². The third-order valence-corrected chi connectivity index (χ3v) is 3.37. The predicted molar refractivity (Wildman–Crippen MR) is 73.7 cm³/mol. The zero-order chi connectivity index (χ0) is 13.2. The third-order valence-electron chi connectivity index (χ3n) is 3.37. The maximum Gasteiger partial charge on any atom is 0.0991 e. The SMILES string of the molecule is CCn1cncc1Cn1ccc2cc(C#N)ccc21. The average molecular weight is 250 g/mol. The summed E-state index contributed by atoms with van der Waals surface area (Å²) < 4.78 is 4.31. The Labute approximate surface area is 111 Å². The highest BCUT2D eigenvalue weighted by Gasteiger charge is 2.05. The van der Waals surface area contributed by atoms with Crippen molar-refractivity contribution in [1.82, 2.24) is 14.1 Å². The van der Waals surface area contributed by atoms with Crippen LogP contribution in [-0.2, 0) is 13.1 Å². The highest BCUT2D eigenvalue weighted by Crippen LogP contribution is 2.18. The van der Waals surface area contributed by atoms with Crippen LogP contribution in [0.4, 0.5) is 0 Å². The molecule has 0 unspecified atom stereocenters. The van der Waals surface area contributed by atoms with E-state index in [9.17, 15) is 0 Å². The van der Waals surface area contributed by atoms with Gasteiger partial charge in [0.25, 0.3) is 0 Å². The number of rotatable bonds is 3. The van der Waals surface area contributed by atoms with E-state index < -0.39 is 0 Å². The van der Waals surface area contributed by atoms with E-state index in [2.05, 4.69) is 33.3 Å². The summed E-state index contributed by atoms with van der Waals surface area (Å²) in [5, 5.41) is 10.0. The van der Waals surface area contributed by atoms with Gasteiger partial charge in [-0.1, -0.05) is 0 Å². The van der Waals surface area contributed by atoms with Crippen LogP contribution in [0.5, 0.6) is 0 Å². The summed E-state index contributed by atoms with van der Waals surface area (Å²) in [6.45, 7) is 3.83. The van der Waals surface area contributed by atoms with E-state index >= 15 is 0 Å². The second-order valence-corrected chi connectivity index (χ2v) is 4.50. The molecule has 0 fully saturated rings. The fourth-order valence-corrected chi connectivity index (χ4v) is 2.35. The number of fused-ring (bicyclic) bond motifs is 1. The van der Waals surface area contributed by atoms with Gasteiger partial charge in [0, 0.05) is 29.8 Å². The highest BCUT2D eigenvalue weighted by atomic mass is 15.1. The van der Waals surface area contributed by atoms with Crippen molar-refractivity contribution >= 4 is 10.9 Å². The fourth-order valence-electron chi connectivity index (χ4n) is 2.35. The van der Waals surface area contributed by atoms with Gasteiger partial charge in [-0.3, -0.25) is 0 Å². The molecule has 0 N–H and O–H groups in total. The Morgan fingerprint density at radius 2 is 2.16 bits per heavy atom. The van der Waals surface area contributed by atoms with Crippen LogP contribution >= 0.6 is 0 Å². The zero-order valence-electron chi connectivity index (χ0n) is 10.7. The van der Waals surface area contributed by atoms with Crippen LogP contribution in [0.2, 0.25) is 0 Å². The molecule has 0 saturated heterocycles. The first-order valence-electron chi connectivity index (χ1n) is 6.30. The molecule has 0 aliphatic rings. The van der Waals surface area contributed by atoms with Gasteiger partial charge in [-0.05, 0) is 31.2 Å². The van der Waals surface area contributed by atoms with Gasteiger partial charge in [0.1, 0.15) is 0 Å². The van der Waals surface area contributed by atoms with E-state index in [-0.39, 0.29) is 0 Å². The number of aromatic nitrogens is 3. The Morgan fingerprint density at radius 1 is 1.26 bits per heavy atom. The smallest absolute Gasteiger partial charge is 0.0991 e. The summed E-state index contributed by atoms with van der Waals surface area (Å²) in [6, 6.07) is 9.99. The Morgan fingerprint density at radius 3 is 2.95 bits per heavy atom. The molecule has 4 nitrogen and oxygen atoms in total. The first kappa shape index (κ1) is 11.5. The summed E-state index contributed by atoms with van der Waals surface area (Å²) in [4.78, 5) is 4.19. The van der Waals surface area contributed by atoms with E-state index in [1.807, 2.05) is 36.8 Å². The Balaban J connectivity index is 2.00. The summed E-state index contributed by atoms with van der Waals surface area (Å²) in [7, 11) is 0. The number of nitriles is 1. The van der Waals surface area contributed by atoms with Gasteiger partial charge in [-0.2, -0.15) is 5.26 Å². The molecule has 0 aliphatic carbocycles. The quantitative estimate of drug-likeness (QED) is 0.717. The van der Waals surface area contributed by atoms with Crippen LogP contribution in [0.25, 0.3) is 10.9 Å². The van der Waals surface area contributed by atoms with Gasteiger partial charge in [0.2, 0.25) is 0 Å². The topological polar surface area (TPSA) is 46.5 Å². The standard InChI is InChI=1S/C15H14N4/c1-2-18-11-17-9-14(18)10-19-6-5-13-7-12(8-16)3-4-15(13)19/h3-7,9,11H,2,10H2,1H3. The molecule has 3 rings (SSSR count). The molecule has 0 bridgehead atoms. The summed E-state index contributed by atoms with van der Waals surface area (Å²) in [5.74, 6) is 0. The second-order valence-electron chi connectivity index (χ2n) is 4.50. The van der Waals surface area contributed by atoms with Crippen molar-refractivity contribution in [2.45, 2.75) is 20.0 Å². The molecule has 2 heterocycles. The Hall–Kier alpha value is -2.54. The van der Waals surface area contributed by atoms with Crippen molar-refractivity contribution in [2.24, 2.45) is 0 Å². The van der Waals surface area contributed by atoms with Crippen LogP contribution in [0.1, 0.15) is 18.2 Å². The number of hydrogen-bond acceptors (Lipinski definition) is 2. The lowest BCUT2D eigenvalue weighted by Gasteiger charge is -2.08. The minimum absolute atomic E-state index is 0.698. The fraction of sp³-hybridized carbons (Fsp3) is 0.200. The van der Waals surface area contributed by atoms with E-state index in [4.69, 9.17) is 5.26 Å². The van der Waals surface area contributed by atoms with Crippen LogP contribution in [0, 0.1) is 11.3 Å². The van der Waals surface area contributed by atoms with Crippen molar-refractivity contribution in [1.29, 1.82) is 5.26 Å². The molecule has 3 aromatic rings. The van der Waals surface area contributed by atoms with Crippen molar-refractivity contribution in [3.63, 3.8) is 0 Å². The van der Waals surface area contributed by atoms with E-state index in [0.717, 1.165) is 24.0 Å². The minimum atomic E-state index is 0.698. The average Bonchev–Trinajstić information content (AvgIpc) is 3.05. The van der Waals surface area contributed by atoms with Crippen molar-refractivity contribution in [3.8, 4) is 6.07 Å². The number of benzene rings is 1. The number of aryl methyl sites for hydroxylation is 1. The number of imidazole rings is 1. The maximum absolute atomic E-state index is 8.91. The van der Waals surface area contributed by atoms with Gasteiger partial charge < -0.3 is 9.13 Å². The molecule has 2 aromatic heterocycles. The molecule has 94 valence electrons. The van der Waals surface area contributed by atoms with Crippen LogP contribution in [-0.4, -0.2) is 14.1 Å². The van der Waals surface area contributed by atoms with Gasteiger partial charge in [-0.15, -0.1) is 0 Å². The normalized spacial score (nSPS) is 10.7. The molecule has 19 heavy (non-hydrogen) atoms. The minimum Gasteiger partial charge on any atom is -0.341 e. The van der Waals surface area contributed by atoms with Crippen molar-refractivity contribution in [2.75, 3.05) is 0 Å². The third kappa shape index (κ3) is 2.00. The van der Waals surface area contributed by atoms with E-state index in [0.29, 0.717) is 5.56 Å². The Kier molecular flexibility index (Phi) is 2.81. The zero-order valence-corrected chi connectivity index (χ0v) is 10.7. The summed E-state index contributed by atoms with van der Waals surface area (Å²) in [5.41, 5.74) is 3.02. The number of nitrogens with zero attached hydrogens (tertiary/aromatic N) is 4. The van der Waals surface area contributed by atoms with Gasteiger partial charge in [0.15, 0.2) is 0 Å². The predicted octanol–water partition coefficient (Wildman–Crippen LogP) is 2.78. The van der Waals surface area contributed by atoms with Crippen molar-refractivity contribution in [3.05, 3.63) is 54.2 Å². The first-order valence-corrected chi connectivity index (χ1v) is 6.30. The molecular weight excluding hydrogens is 236 g/mol. The van der Waals surface area contributed by atoms with Crippen LogP contribution in [0.3, 0.4) is 0 Å². The van der Waals surface area contributed by atoms with Gasteiger partial charge in [-0.25, -0.2) is 4.98 Å². The molecule has 0 radical (unpaired) electrons. The first-order chi connectivity index (χ1) is 9.31. The molecule has 4 heteroatoms. The van der Waals surface area contributed by atoms with Crippen molar-refractivity contribution < 1.29 is 0 Å². The summed E-state index contributed by atoms with van der Waals surface area (Å²) in [6.07, 6.45) is 5.81. The van der Waals surface area contributed by atoms with Crippen LogP contribution < -0.4 is 0 Å². The van der Waals surface area contributed by atoms with E-state index in [1.54, 1.807) is 0 Å². The molecule has 0 atom stereocenters. The monoisotopic (exact) mass is 250 g/mol. The highest BCUT2D eigenvalue weighted by molar-refractivity contribution is 5.81.